The second-order valence-electron chi connectivity index (χ2n) is 4.17. The molecule has 2 rings (SSSR count). The molecule has 0 aliphatic carbocycles. The molecule has 8 heteroatoms. The van der Waals surface area contributed by atoms with Crippen molar-refractivity contribution < 1.29 is 10.2 Å². The van der Waals surface area contributed by atoms with Crippen molar-refractivity contribution in [3.63, 3.8) is 0 Å². The van der Waals surface area contributed by atoms with Gasteiger partial charge in [0.15, 0.2) is 0 Å². The lowest BCUT2D eigenvalue weighted by atomic mass is 10.0. The van der Waals surface area contributed by atoms with Gasteiger partial charge >= 0.3 is 0 Å². The maximum atomic E-state index is 9.70. The molecular formula is C13H6Cl6O2. The van der Waals surface area contributed by atoms with Gasteiger partial charge in [-0.25, -0.2) is 0 Å². The van der Waals surface area contributed by atoms with Gasteiger partial charge in [-0.05, 0) is 23.3 Å². The normalized spacial score (nSPS) is 11.0. The number of benzene rings is 2. The second kappa shape index (κ2) is 6.49. The standard InChI is InChI=1S/C13H6Cl6O2/c14-8-4(2-6(20)10(16)12(8)18)1-5-3-7(21)11(17)13(19)9(5)15/h2-3,20-21H,1H2. The third-order valence-electron chi connectivity index (χ3n) is 2.79. The Morgan fingerprint density at radius 1 is 0.571 bits per heavy atom. The molecule has 2 aromatic carbocycles. The van der Waals surface area contributed by atoms with E-state index >= 15 is 0 Å². The minimum atomic E-state index is -0.207. The van der Waals surface area contributed by atoms with Gasteiger partial charge in [-0.1, -0.05) is 69.6 Å². The number of rotatable bonds is 2. The fourth-order valence-corrected chi connectivity index (χ4v) is 3.01. The molecule has 21 heavy (non-hydrogen) atoms. The molecule has 0 unspecified atom stereocenters. The zero-order chi connectivity index (χ0) is 15.9. The summed E-state index contributed by atoms with van der Waals surface area (Å²) in [5.41, 5.74) is 0.950. The van der Waals surface area contributed by atoms with E-state index in [1.807, 2.05) is 0 Å². The smallest absolute Gasteiger partial charge is 0.136 e. The number of hydrogen-bond donors (Lipinski definition) is 2. The Morgan fingerprint density at radius 2 is 0.905 bits per heavy atom. The third-order valence-corrected chi connectivity index (χ3v) is 5.56. The molecule has 0 amide bonds. The Balaban J connectivity index is 2.54. The number of halogens is 6. The Kier molecular flexibility index (Phi) is 5.30. The van der Waals surface area contributed by atoms with Crippen LogP contribution < -0.4 is 0 Å². The topological polar surface area (TPSA) is 40.5 Å². The van der Waals surface area contributed by atoms with Crippen LogP contribution in [0, 0.1) is 0 Å². The number of hydrogen-bond acceptors (Lipinski definition) is 2. The molecule has 2 aromatic rings. The highest BCUT2D eigenvalue weighted by molar-refractivity contribution is 6.49. The molecule has 2 nitrogen and oxygen atoms in total. The first-order chi connectivity index (χ1) is 9.73. The van der Waals surface area contributed by atoms with Crippen molar-refractivity contribution in [2.75, 3.05) is 0 Å². The van der Waals surface area contributed by atoms with E-state index in [0.29, 0.717) is 11.1 Å². The van der Waals surface area contributed by atoms with E-state index in [-0.39, 0.29) is 48.1 Å². The van der Waals surface area contributed by atoms with Gasteiger partial charge in [-0.15, -0.1) is 0 Å². The monoisotopic (exact) mass is 404 g/mol. The molecule has 0 fully saturated rings. The van der Waals surface area contributed by atoms with Crippen molar-refractivity contribution in [3.05, 3.63) is 53.4 Å². The fraction of sp³-hybridized carbons (Fsp3) is 0.0769. The van der Waals surface area contributed by atoms with Gasteiger partial charge in [0.2, 0.25) is 0 Å². The summed E-state index contributed by atoms with van der Waals surface area (Å²) < 4.78 is 0. The summed E-state index contributed by atoms with van der Waals surface area (Å²) in [7, 11) is 0. The average molecular weight is 407 g/mol. The molecule has 0 aliphatic rings. The lowest BCUT2D eigenvalue weighted by molar-refractivity contribution is 0.475. The molecule has 0 spiro atoms. The maximum Gasteiger partial charge on any atom is 0.136 e. The lowest BCUT2D eigenvalue weighted by Crippen LogP contribution is -1.93. The summed E-state index contributed by atoms with van der Waals surface area (Å²) in [4.78, 5) is 0. The predicted octanol–water partition coefficient (Wildman–Crippen LogP) is 6.61. The number of phenols is 2. The molecule has 0 bridgehead atoms. The molecule has 112 valence electrons. The van der Waals surface area contributed by atoms with E-state index in [0.717, 1.165) is 0 Å². The van der Waals surface area contributed by atoms with Crippen LogP contribution in [0.3, 0.4) is 0 Å². The van der Waals surface area contributed by atoms with Crippen LogP contribution in [0.2, 0.25) is 30.1 Å². The second-order valence-corrected chi connectivity index (χ2v) is 6.44. The van der Waals surface area contributed by atoms with Crippen LogP contribution in [0.1, 0.15) is 11.1 Å². The highest BCUT2D eigenvalue weighted by Crippen LogP contribution is 2.43. The molecule has 0 saturated heterocycles. The third kappa shape index (κ3) is 3.26. The summed E-state index contributed by atoms with van der Waals surface area (Å²) in [5, 5.41) is 19.8. The van der Waals surface area contributed by atoms with Crippen molar-refractivity contribution in [3.8, 4) is 11.5 Å². The Bertz CT molecular complexity index is 668. The predicted molar refractivity (Wildman–Crippen MR) is 89.1 cm³/mol. The average Bonchev–Trinajstić information content (AvgIpc) is 2.45. The first kappa shape index (κ1) is 17.1. The Labute approximate surface area is 150 Å². The van der Waals surface area contributed by atoms with E-state index < -0.39 is 0 Å². The minimum absolute atomic E-state index is 0.0338. The molecule has 0 atom stereocenters. The van der Waals surface area contributed by atoms with Gasteiger partial charge < -0.3 is 10.2 Å². The molecule has 0 radical (unpaired) electrons. The van der Waals surface area contributed by atoms with E-state index in [2.05, 4.69) is 0 Å². The van der Waals surface area contributed by atoms with E-state index in [1.54, 1.807) is 0 Å². The van der Waals surface area contributed by atoms with E-state index in [9.17, 15) is 10.2 Å². The molecule has 2 N–H and O–H groups in total. The molecule has 0 heterocycles. The minimum Gasteiger partial charge on any atom is -0.506 e. The summed E-state index contributed by atoms with van der Waals surface area (Å²) in [6.45, 7) is 0. The van der Waals surface area contributed by atoms with Crippen LogP contribution in [-0.2, 0) is 6.42 Å². The van der Waals surface area contributed by atoms with Gasteiger partial charge in [0.05, 0.1) is 20.1 Å². The highest BCUT2D eigenvalue weighted by Gasteiger charge is 2.18. The molecule has 0 aromatic heterocycles. The van der Waals surface area contributed by atoms with Crippen LogP contribution in [0.4, 0.5) is 0 Å². The van der Waals surface area contributed by atoms with E-state index in [1.165, 1.54) is 12.1 Å². The van der Waals surface area contributed by atoms with Crippen LogP contribution in [0.25, 0.3) is 0 Å². The quantitative estimate of drug-likeness (QED) is 0.551. The molecule has 0 aliphatic heterocycles. The van der Waals surface area contributed by atoms with Gasteiger partial charge in [0.25, 0.3) is 0 Å². The maximum absolute atomic E-state index is 9.70. The number of aromatic hydroxyl groups is 2. The summed E-state index contributed by atoms with van der Waals surface area (Å²) in [5.74, 6) is -0.414. The first-order valence-corrected chi connectivity index (χ1v) is 7.71. The SMILES string of the molecule is Oc1cc(Cc2cc(O)c(Cl)c(Cl)c2Cl)c(Cl)c(Cl)c1Cl. The highest BCUT2D eigenvalue weighted by atomic mass is 35.5. The summed E-state index contributed by atoms with van der Waals surface area (Å²) in [6, 6.07) is 2.73. The zero-order valence-electron chi connectivity index (χ0n) is 10.0. The van der Waals surface area contributed by atoms with Crippen LogP contribution in [0.5, 0.6) is 11.5 Å². The Morgan fingerprint density at radius 3 is 1.24 bits per heavy atom. The van der Waals surface area contributed by atoms with E-state index in [4.69, 9.17) is 69.6 Å². The zero-order valence-corrected chi connectivity index (χ0v) is 14.6. The van der Waals surface area contributed by atoms with Crippen molar-refractivity contribution in [2.45, 2.75) is 6.42 Å². The Hall–Kier alpha value is -0.220. The van der Waals surface area contributed by atoms with Crippen molar-refractivity contribution in [1.29, 1.82) is 0 Å². The molecular weight excluding hydrogens is 401 g/mol. The largest absolute Gasteiger partial charge is 0.506 e. The van der Waals surface area contributed by atoms with Gasteiger partial charge in [-0.2, -0.15) is 0 Å². The fourth-order valence-electron chi connectivity index (χ4n) is 1.75. The van der Waals surface area contributed by atoms with Gasteiger partial charge in [0.1, 0.15) is 21.5 Å². The van der Waals surface area contributed by atoms with Crippen molar-refractivity contribution in [2.24, 2.45) is 0 Å². The van der Waals surface area contributed by atoms with Crippen LogP contribution in [-0.4, -0.2) is 10.2 Å². The number of phenolic OH excluding ortho intramolecular Hbond substituents is 2. The van der Waals surface area contributed by atoms with Crippen molar-refractivity contribution in [1.82, 2.24) is 0 Å². The lowest BCUT2D eigenvalue weighted by Gasteiger charge is -2.12. The van der Waals surface area contributed by atoms with Gasteiger partial charge in [0, 0.05) is 6.42 Å². The first-order valence-electron chi connectivity index (χ1n) is 5.44. The summed E-state index contributed by atoms with van der Waals surface area (Å²) in [6.07, 6.45) is 0.173. The van der Waals surface area contributed by atoms with Crippen LogP contribution in [0.15, 0.2) is 12.1 Å². The summed E-state index contributed by atoms with van der Waals surface area (Å²) >= 11 is 35.6. The molecule has 0 saturated carbocycles. The van der Waals surface area contributed by atoms with Crippen LogP contribution >= 0.6 is 69.6 Å². The van der Waals surface area contributed by atoms with Gasteiger partial charge in [-0.3, -0.25) is 0 Å². The van der Waals surface area contributed by atoms with Crippen molar-refractivity contribution >= 4 is 69.6 Å².